The van der Waals surface area contributed by atoms with Crippen LogP contribution in [0.3, 0.4) is 0 Å². The zero-order chi connectivity index (χ0) is 29.5. The van der Waals surface area contributed by atoms with Crippen LogP contribution in [0.4, 0.5) is 10.5 Å². The molecule has 0 bridgehead atoms. The molecule has 4 rings (SSSR count). The van der Waals surface area contributed by atoms with Gasteiger partial charge in [0, 0.05) is 0 Å². The summed E-state index contributed by atoms with van der Waals surface area (Å²) in [6.07, 6.45) is 2.50. The average molecular weight is 622 g/mol. The predicted octanol–water partition coefficient (Wildman–Crippen LogP) is 6.79. The first kappa shape index (κ1) is 29.9. The maximum atomic E-state index is 13.3. The summed E-state index contributed by atoms with van der Waals surface area (Å²) in [7, 11) is 0. The number of urea groups is 1. The number of nitrogens with zero attached hydrogens (tertiary/aromatic N) is 1. The summed E-state index contributed by atoms with van der Waals surface area (Å²) in [5.74, 6) is 0.682. The highest BCUT2D eigenvalue weighted by Crippen LogP contribution is 2.38. The molecule has 0 unspecified atom stereocenters. The molecule has 1 aliphatic heterocycles. The van der Waals surface area contributed by atoms with Crippen LogP contribution < -0.4 is 24.4 Å². The van der Waals surface area contributed by atoms with E-state index < -0.39 is 17.8 Å². The van der Waals surface area contributed by atoms with E-state index in [-0.39, 0.29) is 12.2 Å². The number of ether oxygens (including phenoxy) is 3. The summed E-state index contributed by atoms with van der Waals surface area (Å²) >= 11 is 3.53. The van der Waals surface area contributed by atoms with Crippen molar-refractivity contribution >= 4 is 45.5 Å². The third-order valence-corrected chi connectivity index (χ3v) is 7.29. The van der Waals surface area contributed by atoms with Gasteiger partial charge in [0.15, 0.2) is 11.5 Å². The van der Waals surface area contributed by atoms with Crippen LogP contribution in [0.15, 0.2) is 70.7 Å². The molecule has 1 fully saturated rings. The number of rotatable bonds is 11. The van der Waals surface area contributed by atoms with Crippen molar-refractivity contribution in [1.29, 1.82) is 0 Å². The molecule has 3 aromatic carbocycles. The van der Waals surface area contributed by atoms with E-state index in [1.807, 2.05) is 26.0 Å². The first-order chi connectivity index (χ1) is 19.7. The number of anilines is 1. The minimum absolute atomic E-state index is 0.180. The van der Waals surface area contributed by atoms with E-state index in [2.05, 4.69) is 47.2 Å². The van der Waals surface area contributed by atoms with E-state index in [1.54, 1.807) is 36.4 Å². The number of hydrogen-bond donors (Lipinski definition) is 1. The van der Waals surface area contributed by atoms with Crippen molar-refractivity contribution in [3.05, 3.63) is 87.4 Å². The fourth-order valence-electron chi connectivity index (χ4n) is 4.26. The number of carbonyl (C=O) groups excluding carboxylic acids is 3. The molecule has 3 aromatic rings. The molecule has 8 nitrogen and oxygen atoms in total. The lowest BCUT2D eigenvalue weighted by atomic mass is 9.99. The monoisotopic (exact) mass is 620 g/mol. The van der Waals surface area contributed by atoms with Gasteiger partial charge in [0.05, 0.1) is 16.8 Å². The Morgan fingerprint density at radius 2 is 1.61 bits per heavy atom. The molecule has 214 valence electrons. The van der Waals surface area contributed by atoms with Gasteiger partial charge in [0.2, 0.25) is 0 Å². The number of halogens is 1. The number of barbiturate groups is 1. The highest BCUT2D eigenvalue weighted by molar-refractivity contribution is 9.10. The van der Waals surface area contributed by atoms with Crippen LogP contribution in [0.25, 0.3) is 6.08 Å². The van der Waals surface area contributed by atoms with Gasteiger partial charge in [0.1, 0.15) is 24.5 Å². The van der Waals surface area contributed by atoms with Gasteiger partial charge in [-0.25, -0.2) is 9.69 Å². The fraction of sp³-hybridized carbons (Fsp3) is 0.281. The van der Waals surface area contributed by atoms with Crippen LogP contribution in [0, 0.1) is 6.92 Å². The number of amides is 4. The van der Waals surface area contributed by atoms with Crippen molar-refractivity contribution in [3.8, 4) is 17.2 Å². The van der Waals surface area contributed by atoms with Gasteiger partial charge in [-0.3, -0.25) is 14.9 Å². The number of hydrogen-bond acceptors (Lipinski definition) is 6. The maximum absolute atomic E-state index is 13.3. The van der Waals surface area contributed by atoms with E-state index in [9.17, 15) is 14.4 Å². The van der Waals surface area contributed by atoms with Crippen LogP contribution in [0.1, 0.15) is 49.8 Å². The van der Waals surface area contributed by atoms with Crippen molar-refractivity contribution in [3.63, 3.8) is 0 Å². The molecule has 1 atom stereocenters. The minimum Gasteiger partial charge on any atom is -0.490 e. The molecule has 0 aliphatic carbocycles. The van der Waals surface area contributed by atoms with Gasteiger partial charge >= 0.3 is 6.03 Å². The van der Waals surface area contributed by atoms with Crippen LogP contribution in [-0.4, -0.2) is 37.7 Å². The molecule has 1 heterocycles. The summed E-state index contributed by atoms with van der Waals surface area (Å²) < 4.78 is 18.2. The van der Waals surface area contributed by atoms with Crippen LogP contribution in [0.5, 0.6) is 17.2 Å². The Labute approximate surface area is 248 Å². The smallest absolute Gasteiger partial charge is 0.335 e. The Hall–Kier alpha value is -4.11. The minimum atomic E-state index is -0.797. The third kappa shape index (κ3) is 7.16. The van der Waals surface area contributed by atoms with Gasteiger partial charge in [-0.15, -0.1) is 0 Å². The number of aryl methyl sites for hydroxylation is 1. The normalized spacial score (nSPS) is 15.1. The second-order valence-corrected chi connectivity index (χ2v) is 10.5. The molecule has 1 N–H and O–H groups in total. The zero-order valence-electron chi connectivity index (χ0n) is 23.5. The highest BCUT2D eigenvalue weighted by Gasteiger charge is 2.36. The Morgan fingerprint density at radius 3 is 2.27 bits per heavy atom. The fourth-order valence-corrected chi connectivity index (χ4v) is 4.83. The molecule has 0 radical (unpaired) electrons. The Balaban J connectivity index is 1.49. The van der Waals surface area contributed by atoms with Crippen molar-refractivity contribution in [2.24, 2.45) is 0 Å². The number of benzene rings is 3. The largest absolute Gasteiger partial charge is 0.490 e. The lowest BCUT2D eigenvalue weighted by Gasteiger charge is -2.26. The summed E-state index contributed by atoms with van der Waals surface area (Å²) in [4.78, 5) is 39.3. The van der Waals surface area contributed by atoms with Gasteiger partial charge in [0.25, 0.3) is 11.8 Å². The summed E-state index contributed by atoms with van der Waals surface area (Å²) in [5.41, 5.74) is 2.95. The molecule has 9 heteroatoms. The van der Waals surface area contributed by atoms with Crippen molar-refractivity contribution < 1.29 is 28.6 Å². The lowest BCUT2D eigenvalue weighted by Crippen LogP contribution is -2.54. The molecule has 41 heavy (non-hydrogen) atoms. The summed E-state index contributed by atoms with van der Waals surface area (Å²) in [6, 6.07) is 17.6. The third-order valence-electron chi connectivity index (χ3n) is 6.70. The first-order valence-corrected chi connectivity index (χ1v) is 14.3. The standard InChI is InChI=1S/C32H33BrN2O6/c1-5-21(4)23-9-13-25(14-10-23)40-15-16-41-29-27(33)18-22(19-28(29)39-6-2)17-26-30(36)34-32(38)35(31(26)37)24-11-7-20(3)8-12-24/h7-14,17-19,21H,5-6,15-16H2,1-4H3,(H,34,36,38)/b26-17+/t21-/m0/s1. The predicted molar refractivity (Wildman–Crippen MR) is 162 cm³/mol. The Bertz CT molecular complexity index is 1450. The zero-order valence-corrected chi connectivity index (χ0v) is 25.1. The quantitative estimate of drug-likeness (QED) is 0.144. The average Bonchev–Trinajstić information content (AvgIpc) is 2.95. The molecule has 0 aromatic heterocycles. The van der Waals surface area contributed by atoms with Gasteiger partial charge in [-0.1, -0.05) is 43.7 Å². The van der Waals surface area contributed by atoms with E-state index in [1.165, 1.54) is 11.6 Å². The van der Waals surface area contributed by atoms with Crippen molar-refractivity contribution in [2.45, 2.75) is 40.0 Å². The van der Waals surface area contributed by atoms with Crippen molar-refractivity contribution in [2.75, 3.05) is 24.7 Å². The van der Waals surface area contributed by atoms with Crippen LogP contribution in [0.2, 0.25) is 0 Å². The molecular weight excluding hydrogens is 588 g/mol. The second-order valence-electron chi connectivity index (χ2n) is 9.63. The van der Waals surface area contributed by atoms with E-state index >= 15 is 0 Å². The highest BCUT2D eigenvalue weighted by atomic mass is 79.9. The van der Waals surface area contributed by atoms with Gasteiger partial charge in [-0.2, -0.15) is 0 Å². The first-order valence-electron chi connectivity index (χ1n) is 13.5. The molecule has 0 spiro atoms. The summed E-state index contributed by atoms with van der Waals surface area (Å²) in [5, 5.41) is 2.25. The number of carbonyl (C=O) groups is 3. The number of imide groups is 2. The van der Waals surface area contributed by atoms with E-state index in [0.717, 1.165) is 22.6 Å². The topological polar surface area (TPSA) is 94.2 Å². The molecule has 0 saturated carbocycles. The lowest BCUT2D eigenvalue weighted by molar-refractivity contribution is -0.122. The van der Waals surface area contributed by atoms with E-state index in [4.69, 9.17) is 14.2 Å². The maximum Gasteiger partial charge on any atom is 0.335 e. The molecule has 1 saturated heterocycles. The second kappa shape index (κ2) is 13.5. The van der Waals surface area contributed by atoms with Crippen LogP contribution in [-0.2, 0) is 9.59 Å². The number of nitrogens with one attached hydrogen (secondary N) is 1. The molecular formula is C32H33BrN2O6. The SMILES string of the molecule is CCOc1cc(/C=C2\C(=O)NC(=O)N(c3ccc(C)cc3)C2=O)cc(Br)c1OCCOc1ccc([C@@H](C)CC)cc1. The van der Waals surface area contributed by atoms with Crippen molar-refractivity contribution in [1.82, 2.24) is 5.32 Å². The Morgan fingerprint density at radius 1 is 0.927 bits per heavy atom. The summed E-state index contributed by atoms with van der Waals surface area (Å²) in [6.45, 7) is 9.07. The molecule has 4 amide bonds. The molecule has 1 aliphatic rings. The van der Waals surface area contributed by atoms with E-state index in [0.29, 0.717) is 46.4 Å². The van der Waals surface area contributed by atoms with Crippen LogP contribution >= 0.6 is 15.9 Å². The Kier molecular flexibility index (Phi) is 9.83. The van der Waals surface area contributed by atoms with Gasteiger partial charge in [-0.05, 0) is 95.7 Å². The van der Waals surface area contributed by atoms with Gasteiger partial charge < -0.3 is 14.2 Å².